The molecule has 0 spiro atoms. The van der Waals surface area contributed by atoms with Crippen LogP contribution in [0.4, 0.5) is 8.78 Å². The Kier molecular flexibility index (Phi) is 3.44. The third kappa shape index (κ3) is 3.05. The van der Waals surface area contributed by atoms with E-state index in [-0.39, 0.29) is 12.8 Å². The second kappa shape index (κ2) is 4.17. The fraction of sp³-hybridized carbons (Fsp3) is 1.00. The van der Waals surface area contributed by atoms with Crippen molar-refractivity contribution < 1.29 is 8.78 Å². The maximum absolute atomic E-state index is 12.9. The summed E-state index contributed by atoms with van der Waals surface area (Å²) in [6.45, 7) is 4.75. The molecule has 1 aliphatic rings. The smallest absolute Gasteiger partial charge is 0.248 e. The molecule has 1 aliphatic heterocycles. The quantitative estimate of drug-likeness (QED) is 0.595. The SMILES string of the molecule is CCN1CCCC(F)(F)CCC1. The first-order valence-electron chi connectivity index (χ1n) is 4.74. The van der Waals surface area contributed by atoms with Crippen LogP contribution in [0.1, 0.15) is 32.6 Å². The standard InChI is InChI=1S/C9H17F2N/c1-2-12-7-3-5-9(10,11)6-4-8-12/h2-8H2,1H3. The first kappa shape index (κ1) is 9.90. The minimum absolute atomic E-state index is 0.0729. The van der Waals surface area contributed by atoms with Crippen molar-refractivity contribution in [1.29, 1.82) is 0 Å². The highest BCUT2D eigenvalue weighted by Crippen LogP contribution is 2.27. The third-order valence-electron chi connectivity index (χ3n) is 2.48. The van der Waals surface area contributed by atoms with Crippen LogP contribution in [0.3, 0.4) is 0 Å². The normalized spacial score (nSPS) is 26.2. The van der Waals surface area contributed by atoms with Gasteiger partial charge in [0.05, 0.1) is 0 Å². The molecule has 0 atom stereocenters. The Bertz CT molecular complexity index is 124. The van der Waals surface area contributed by atoms with Crippen LogP contribution >= 0.6 is 0 Å². The second-order valence-corrected chi connectivity index (χ2v) is 3.50. The van der Waals surface area contributed by atoms with E-state index in [1.54, 1.807) is 0 Å². The molecule has 0 amide bonds. The summed E-state index contributed by atoms with van der Waals surface area (Å²) in [6.07, 6.45) is 1.43. The van der Waals surface area contributed by atoms with Gasteiger partial charge in [0.15, 0.2) is 0 Å². The summed E-state index contributed by atoms with van der Waals surface area (Å²) in [6, 6.07) is 0. The van der Waals surface area contributed by atoms with Gasteiger partial charge in [-0.05, 0) is 32.5 Å². The molecule has 0 aromatic carbocycles. The van der Waals surface area contributed by atoms with E-state index in [1.807, 2.05) is 0 Å². The molecule has 1 fully saturated rings. The lowest BCUT2D eigenvalue weighted by molar-refractivity contribution is -0.0298. The summed E-state index contributed by atoms with van der Waals surface area (Å²) in [5, 5.41) is 0. The number of alkyl halides is 2. The molecule has 1 saturated heterocycles. The summed E-state index contributed by atoms with van der Waals surface area (Å²) in [4.78, 5) is 2.25. The first-order valence-corrected chi connectivity index (χ1v) is 4.74. The monoisotopic (exact) mass is 177 g/mol. The Hall–Kier alpha value is -0.180. The first-order chi connectivity index (χ1) is 5.64. The highest BCUT2D eigenvalue weighted by molar-refractivity contribution is 4.72. The minimum atomic E-state index is -2.39. The van der Waals surface area contributed by atoms with Crippen LogP contribution in [-0.4, -0.2) is 30.5 Å². The van der Waals surface area contributed by atoms with Gasteiger partial charge >= 0.3 is 0 Å². The molecule has 0 aromatic rings. The largest absolute Gasteiger partial charge is 0.304 e. The molecule has 12 heavy (non-hydrogen) atoms. The highest BCUT2D eigenvalue weighted by Gasteiger charge is 2.29. The van der Waals surface area contributed by atoms with Crippen LogP contribution in [0.2, 0.25) is 0 Å². The molecule has 1 heterocycles. The van der Waals surface area contributed by atoms with Crippen molar-refractivity contribution in [2.45, 2.75) is 38.5 Å². The number of hydrogen-bond donors (Lipinski definition) is 0. The molecule has 3 heteroatoms. The van der Waals surface area contributed by atoms with Crippen LogP contribution in [-0.2, 0) is 0 Å². The van der Waals surface area contributed by atoms with E-state index in [4.69, 9.17) is 0 Å². The van der Waals surface area contributed by atoms with Crippen LogP contribution < -0.4 is 0 Å². The van der Waals surface area contributed by atoms with Crippen molar-refractivity contribution in [3.8, 4) is 0 Å². The van der Waals surface area contributed by atoms with Crippen molar-refractivity contribution in [2.24, 2.45) is 0 Å². The van der Waals surface area contributed by atoms with E-state index in [2.05, 4.69) is 11.8 Å². The fourth-order valence-corrected chi connectivity index (χ4v) is 1.68. The van der Waals surface area contributed by atoms with E-state index < -0.39 is 5.92 Å². The van der Waals surface area contributed by atoms with Gasteiger partial charge in [0.1, 0.15) is 0 Å². The topological polar surface area (TPSA) is 3.24 Å². The predicted octanol–water partition coefficient (Wildman–Crippen LogP) is 2.52. The number of likely N-dealkylation sites (tertiary alicyclic amines) is 1. The summed E-state index contributed by atoms with van der Waals surface area (Å²) in [5.74, 6) is -2.39. The van der Waals surface area contributed by atoms with Gasteiger partial charge in [0, 0.05) is 12.8 Å². The zero-order chi connectivity index (χ0) is 9.03. The van der Waals surface area contributed by atoms with Gasteiger partial charge in [0.2, 0.25) is 5.92 Å². The van der Waals surface area contributed by atoms with Crippen LogP contribution in [0, 0.1) is 0 Å². The third-order valence-corrected chi connectivity index (χ3v) is 2.48. The lowest BCUT2D eigenvalue weighted by Gasteiger charge is -2.26. The lowest BCUT2D eigenvalue weighted by atomic mass is 10.0. The Balaban J connectivity index is 2.34. The Morgan fingerprint density at radius 3 is 2.08 bits per heavy atom. The summed E-state index contributed by atoms with van der Waals surface area (Å²) >= 11 is 0. The van der Waals surface area contributed by atoms with Gasteiger partial charge in [0.25, 0.3) is 0 Å². The van der Waals surface area contributed by atoms with E-state index in [0.717, 1.165) is 19.6 Å². The average Bonchev–Trinajstić information content (AvgIpc) is 1.97. The van der Waals surface area contributed by atoms with Crippen molar-refractivity contribution in [3.63, 3.8) is 0 Å². The number of halogens is 2. The van der Waals surface area contributed by atoms with Crippen LogP contribution in [0.5, 0.6) is 0 Å². The van der Waals surface area contributed by atoms with Gasteiger partial charge in [-0.1, -0.05) is 6.92 Å². The van der Waals surface area contributed by atoms with Gasteiger partial charge in [-0.15, -0.1) is 0 Å². The molecule has 72 valence electrons. The molecular weight excluding hydrogens is 160 g/mol. The van der Waals surface area contributed by atoms with Gasteiger partial charge in [-0.3, -0.25) is 0 Å². The lowest BCUT2D eigenvalue weighted by Crippen LogP contribution is -2.31. The van der Waals surface area contributed by atoms with Gasteiger partial charge in [-0.25, -0.2) is 8.78 Å². The summed E-state index contributed by atoms with van der Waals surface area (Å²) < 4.78 is 25.7. The van der Waals surface area contributed by atoms with E-state index in [1.165, 1.54) is 0 Å². The maximum atomic E-state index is 12.9. The molecular formula is C9H17F2N. The Labute approximate surface area is 72.7 Å². The molecule has 0 aromatic heterocycles. The minimum Gasteiger partial charge on any atom is -0.304 e. The average molecular weight is 177 g/mol. The summed E-state index contributed by atoms with van der Waals surface area (Å²) in [5.41, 5.74) is 0. The van der Waals surface area contributed by atoms with E-state index in [9.17, 15) is 8.78 Å². The van der Waals surface area contributed by atoms with Gasteiger partial charge in [-0.2, -0.15) is 0 Å². The summed E-state index contributed by atoms with van der Waals surface area (Å²) in [7, 11) is 0. The van der Waals surface area contributed by atoms with Crippen LogP contribution in [0.15, 0.2) is 0 Å². The number of hydrogen-bond acceptors (Lipinski definition) is 1. The molecule has 0 aliphatic carbocycles. The second-order valence-electron chi connectivity index (χ2n) is 3.50. The fourth-order valence-electron chi connectivity index (χ4n) is 1.68. The van der Waals surface area contributed by atoms with Crippen molar-refractivity contribution in [1.82, 2.24) is 4.90 Å². The highest BCUT2D eigenvalue weighted by atomic mass is 19.3. The predicted molar refractivity (Wildman–Crippen MR) is 45.5 cm³/mol. The van der Waals surface area contributed by atoms with E-state index >= 15 is 0 Å². The Morgan fingerprint density at radius 2 is 1.67 bits per heavy atom. The molecule has 1 rings (SSSR count). The zero-order valence-corrected chi connectivity index (χ0v) is 7.65. The molecule has 0 unspecified atom stereocenters. The van der Waals surface area contributed by atoms with E-state index in [0.29, 0.717) is 12.8 Å². The molecule has 1 nitrogen and oxygen atoms in total. The molecule has 0 radical (unpaired) electrons. The van der Waals surface area contributed by atoms with Crippen molar-refractivity contribution in [2.75, 3.05) is 19.6 Å². The Morgan fingerprint density at radius 1 is 1.17 bits per heavy atom. The van der Waals surface area contributed by atoms with Crippen LogP contribution in [0.25, 0.3) is 0 Å². The maximum Gasteiger partial charge on any atom is 0.248 e. The zero-order valence-electron chi connectivity index (χ0n) is 7.65. The molecule has 0 bridgehead atoms. The van der Waals surface area contributed by atoms with Crippen molar-refractivity contribution in [3.05, 3.63) is 0 Å². The molecule has 0 saturated carbocycles. The molecule has 0 N–H and O–H groups in total. The number of nitrogens with zero attached hydrogens (tertiary/aromatic N) is 1. The van der Waals surface area contributed by atoms with Crippen molar-refractivity contribution >= 4 is 0 Å². The van der Waals surface area contributed by atoms with Gasteiger partial charge < -0.3 is 4.90 Å². The number of rotatable bonds is 1.